The molecule has 2 atom stereocenters. The second-order valence-corrected chi connectivity index (χ2v) is 6.77. The van der Waals surface area contributed by atoms with Crippen LogP contribution in [0.25, 0.3) is 0 Å². The maximum absolute atomic E-state index is 12.3. The van der Waals surface area contributed by atoms with Gasteiger partial charge in [0.2, 0.25) is 11.8 Å². The molecule has 25 heavy (non-hydrogen) atoms. The first-order valence-electron chi connectivity index (χ1n) is 8.71. The van der Waals surface area contributed by atoms with E-state index >= 15 is 0 Å². The van der Waals surface area contributed by atoms with Crippen molar-refractivity contribution in [1.29, 1.82) is 0 Å². The Morgan fingerprint density at radius 3 is 2.52 bits per heavy atom. The summed E-state index contributed by atoms with van der Waals surface area (Å²) < 4.78 is 0. The lowest BCUT2D eigenvalue weighted by atomic mass is 9.93. The van der Waals surface area contributed by atoms with E-state index in [0.29, 0.717) is 25.7 Å². The number of carbonyl (C=O) groups is 3. The summed E-state index contributed by atoms with van der Waals surface area (Å²) in [5.74, 6) is -1.78. The third-order valence-corrected chi connectivity index (χ3v) is 4.75. The quantitative estimate of drug-likeness (QED) is 0.822. The number of nitrogens with one attached hydrogen (secondary N) is 1. The third kappa shape index (κ3) is 5.59. The van der Waals surface area contributed by atoms with Crippen molar-refractivity contribution in [2.24, 2.45) is 5.92 Å². The SMILES string of the molecule is Cc1ccc(CCC(=O)NCC(=O)N2CC(C(=O)O)CCC2C)cc1. The summed E-state index contributed by atoms with van der Waals surface area (Å²) in [6.45, 7) is 4.06. The van der Waals surface area contributed by atoms with Crippen molar-refractivity contribution >= 4 is 17.8 Å². The highest BCUT2D eigenvalue weighted by atomic mass is 16.4. The Hall–Kier alpha value is -2.37. The van der Waals surface area contributed by atoms with Gasteiger partial charge in [0, 0.05) is 19.0 Å². The van der Waals surface area contributed by atoms with Crippen molar-refractivity contribution in [2.75, 3.05) is 13.1 Å². The number of nitrogens with zero attached hydrogens (tertiary/aromatic N) is 1. The minimum atomic E-state index is -0.869. The number of piperidine rings is 1. The molecule has 1 aliphatic rings. The number of hydrogen-bond donors (Lipinski definition) is 2. The summed E-state index contributed by atoms with van der Waals surface area (Å²) in [6.07, 6.45) is 2.21. The van der Waals surface area contributed by atoms with Crippen LogP contribution in [0.15, 0.2) is 24.3 Å². The lowest BCUT2D eigenvalue weighted by Crippen LogP contribution is -2.50. The third-order valence-electron chi connectivity index (χ3n) is 4.75. The van der Waals surface area contributed by atoms with Crippen LogP contribution in [0.4, 0.5) is 0 Å². The summed E-state index contributed by atoms with van der Waals surface area (Å²) in [5, 5.41) is 11.8. The summed E-state index contributed by atoms with van der Waals surface area (Å²) in [4.78, 5) is 37.0. The van der Waals surface area contributed by atoms with Gasteiger partial charge < -0.3 is 15.3 Å². The molecule has 0 aromatic heterocycles. The van der Waals surface area contributed by atoms with Crippen molar-refractivity contribution in [1.82, 2.24) is 10.2 Å². The molecule has 1 heterocycles. The van der Waals surface area contributed by atoms with Crippen LogP contribution in [0.2, 0.25) is 0 Å². The molecule has 0 spiro atoms. The average Bonchev–Trinajstić information content (AvgIpc) is 2.59. The first kappa shape index (κ1) is 19.0. The lowest BCUT2D eigenvalue weighted by molar-refractivity contribution is -0.147. The number of carboxylic acid groups (broad SMARTS) is 1. The van der Waals surface area contributed by atoms with Crippen molar-refractivity contribution < 1.29 is 19.5 Å². The van der Waals surface area contributed by atoms with Gasteiger partial charge in [0.25, 0.3) is 0 Å². The number of aliphatic carboxylic acids is 1. The molecule has 1 aromatic rings. The summed E-state index contributed by atoms with van der Waals surface area (Å²) in [6, 6.07) is 8.01. The highest BCUT2D eigenvalue weighted by Crippen LogP contribution is 2.22. The zero-order chi connectivity index (χ0) is 18.4. The van der Waals surface area contributed by atoms with E-state index in [1.807, 2.05) is 38.1 Å². The summed E-state index contributed by atoms with van der Waals surface area (Å²) in [5.41, 5.74) is 2.26. The highest BCUT2D eigenvalue weighted by Gasteiger charge is 2.32. The zero-order valence-corrected chi connectivity index (χ0v) is 14.8. The van der Waals surface area contributed by atoms with E-state index in [4.69, 9.17) is 5.11 Å². The average molecular weight is 346 g/mol. The number of carbonyl (C=O) groups excluding carboxylic acids is 2. The normalized spacial score (nSPS) is 20.2. The monoisotopic (exact) mass is 346 g/mol. The molecule has 6 nitrogen and oxygen atoms in total. The Labute approximate surface area is 148 Å². The summed E-state index contributed by atoms with van der Waals surface area (Å²) in [7, 11) is 0. The molecule has 136 valence electrons. The van der Waals surface area contributed by atoms with Crippen LogP contribution in [0.3, 0.4) is 0 Å². The molecule has 0 bridgehead atoms. The Bertz CT molecular complexity index is 627. The minimum absolute atomic E-state index is 0.00700. The fourth-order valence-corrected chi connectivity index (χ4v) is 3.03. The van der Waals surface area contributed by atoms with Gasteiger partial charge in [-0.2, -0.15) is 0 Å². The first-order chi connectivity index (χ1) is 11.9. The smallest absolute Gasteiger partial charge is 0.308 e. The number of aryl methyl sites for hydroxylation is 2. The van der Waals surface area contributed by atoms with Crippen molar-refractivity contribution in [3.63, 3.8) is 0 Å². The van der Waals surface area contributed by atoms with Gasteiger partial charge in [-0.15, -0.1) is 0 Å². The molecular formula is C19H26N2O4. The van der Waals surface area contributed by atoms with E-state index in [1.165, 1.54) is 5.56 Å². The van der Waals surface area contributed by atoms with E-state index in [1.54, 1.807) is 4.90 Å². The second kappa shape index (κ2) is 8.65. The Morgan fingerprint density at radius 1 is 1.20 bits per heavy atom. The number of rotatable bonds is 6. The van der Waals surface area contributed by atoms with Gasteiger partial charge in [0.1, 0.15) is 0 Å². The predicted octanol–water partition coefficient (Wildman–Crippen LogP) is 1.76. The van der Waals surface area contributed by atoms with Gasteiger partial charge in [-0.3, -0.25) is 14.4 Å². The maximum Gasteiger partial charge on any atom is 0.308 e. The van der Waals surface area contributed by atoms with E-state index in [0.717, 1.165) is 5.56 Å². The molecule has 1 aliphatic heterocycles. The lowest BCUT2D eigenvalue weighted by Gasteiger charge is -2.36. The van der Waals surface area contributed by atoms with Gasteiger partial charge in [0.05, 0.1) is 12.5 Å². The molecule has 2 amide bonds. The Kier molecular flexibility index (Phi) is 6.56. The predicted molar refractivity (Wildman–Crippen MR) is 94.0 cm³/mol. The van der Waals surface area contributed by atoms with E-state index in [-0.39, 0.29) is 30.9 Å². The van der Waals surface area contributed by atoms with Gasteiger partial charge in [0.15, 0.2) is 0 Å². The van der Waals surface area contributed by atoms with Gasteiger partial charge in [-0.1, -0.05) is 29.8 Å². The van der Waals surface area contributed by atoms with Gasteiger partial charge in [-0.25, -0.2) is 0 Å². The number of carboxylic acids is 1. The fraction of sp³-hybridized carbons (Fsp3) is 0.526. The fourth-order valence-electron chi connectivity index (χ4n) is 3.03. The molecule has 6 heteroatoms. The molecule has 2 unspecified atom stereocenters. The number of amides is 2. The maximum atomic E-state index is 12.3. The standard InChI is InChI=1S/C19H26N2O4/c1-13-3-6-15(7-4-13)8-10-17(22)20-11-18(23)21-12-16(19(24)25)9-5-14(21)2/h3-4,6-7,14,16H,5,8-12H2,1-2H3,(H,20,22)(H,24,25). The number of benzene rings is 1. The van der Waals surface area contributed by atoms with Crippen LogP contribution in [0.5, 0.6) is 0 Å². The van der Waals surface area contributed by atoms with E-state index in [2.05, 4.69) is 5.32 Å². The molecule has 1 saturated heterocycles. The molecule has 0 radical (unpaired) electrons. The van der Waals surface area contributed by atoms with Crippen LogP contribution in [0, 0.1) is 12.8 Å². The molecule has 1 fully saturated rings. The van der Waals surface area contributed by atoms with E-state index in [9.17, 15) is 14.4 Å². The number of likely N-dealkylation sites (tertiary alicyclic amines) is 1. The van der Waals surface area contributed by atoms with Crippen LogP contribution >= 0.6 is 0 Å². The largest absolute Gasteiger partial charge is 0.481 e. The highest BCUT2D eigenvalue weighted by molar-refractivity contribution is 5.85. The van der Waals surface area contributed by atoms with Crippen LogP contribution in [-0.2, 0) is 20.8 Å². The minimum Gasteiger partial charge on any atom is -0.481 e. The molecule has 1 aromatic carbocycles. The first-order valence-corrected chi connectivity index (χ1v) is 8.71. The van der Waals surface area contributed by atoms with Gasteiger partial charge in [-0.05, 0) is 38.7 Å². The topological polar surface area (TPSA) is 86.7 Å². The van der Waals surface area contributed by atoms with Crippen molar-refractivity contribution in [3.05, 3.63) is 35.4 Å². The molecular weight excluding hydrogens is 320 g/mol. The van der Waals surface area contributed by atoms with Crippen LogP contribution < -0.4 is 5.32 Å². The molecule has 0 saturated carbocycles. The summed E-state index contributed by atoms with van der Waals surface area (Å²) >= 11 is 0. The van der Waals surface area contributed by atoms with Crippen molar-refractivity contribution in [3.8, 4) is 0 Å². The zero-order valence-electron chi connectivity index (χ0n) is 14.8. The number of hydrogen-bond acceptors (Lipinski definition) is 3. The van der Waals surface area contributed by atoms with Crippen molar-refractivity contribution in [2.45, 2.75) is 45.6 Å². The van der Waals surface area contributed by atoms with Gasteiger partial charge >= 0.3 is 5.97 Å². The van der Waals surface area contributed by atoms with Crippen LogP contribution in [-0.4, -0.2) is 46.9 Å². The Morgan fingerprint density at radius 2 is 1.88 bits per heavy atom. The molecule has 0 aliphatic carbocycles. The molecule has 2 rings (SSSR count). The van der Waals surface area contributed by atoms with Crippen LogP contribution in [0.1, 0.15) is 37.3 Å². The Balaban J connectivity index is 1.77. The second-order valence-electron chi connectivity index (χ2n) is 6.77. The molecule has 2 N–H and O–H groups in total. The van der Waals surface area contributed by atoms with E-state index < -0.39 is 11.9 Å².